The van der Waals surface area contributed by atoms with Crippen LogP contribution in [0.1, 0.15) is 20.3 Å². The predicted octanol–water partition coefficient (Wildman–Crippen LogP) is 0.282. The minimum Gasteiger partial charge on any atom is -0.478 e. The lowest BCUT2D eigenvalue weighted by Crippen LogP contribution is -2.39. The number of aliphatic hydroxyl groups is 1. The summed E-state index contributed by atoms with van der Waals surface area (Å²) < 4.78 is 11.0. The first-order chi connectivity index (χ1) is 6.89. The molecular formula is C10H14O5. The molecule has 0 aromatic heterocycles. The van der Waals surface area contributed by atoms with Crippen LogP contribution < -0.4 is 0 Å². The van der Waals surface area contributed by atoms with Crippen LogP contribution in [-0.4, -0.2) is 40.3 Å². The maximum Gasteiger partial charge on any atom is 0.331 e. The molecule has 5 nitrogen and oxygen atoms in total. The average molecular weight is 214 g/mol. The lowest BCUT2D eigenvalue weighted by Gasteiger charge is -2.25. The SMILES string of the molecule is CC1(C)O[C@@H]2[C@H](C=C(C(=O)O)C[C@@H]2O)O1. The third-order valence-electron chi connectivity index (χ3n) is 2.61. The predicted molar refractivity (Wildman–Crippen MR) is 50.2 cm³/mol. The van der Waals surface area contributed by atoms with Gasteiger partial charge in [0.25, 0.3) is 0 Å². The highest BCUT2D eigenvalue weighted by molar-refractivity contribution is 5.87. The Morgan fingerprint density at radius 3 is 2.80 bits per heavy atom. The number of aliphatic hydroxyl groups excluding tert-OH is 1. The summed E-state index contributed by atoms with van der Waals surface area (Å²) in [6.07, 6.45) is -0.101. The summed E-state index contributed by atoms with van der Waals surface area (Å²) in [5, 5.41) is 18.6. The molecule has 1 saturated heterocycles. The molecule has 1 heterocycles. The summed E-state index contributed by atoms with van der Waals surface area (Å²) >= 11 is 0. The Balaban J connectivity index is 2.24. The van der Waals surface area contributed by atoms with Gasteiger partial charge in [0.05, 0.1) is 6.10 Å². The van der Waals surface area contributed by atoms with E-state index in [9.17, 15) is 9.90 Å². The molecule has 15 heavy (non-hydrogen) atoms. The molecule has 2 rings (SSSR count). The molecule has 0 bridgehead atoms. The molecule has 2 N–H and O–H groups in total. The van der Waals surface area contributed by atoms with E-state index < -0.39 is 30.1 Å². The number of carbonyl (C=O) groups is 1. The van der Waals surface area contributed by atoms with Gasteiger partial charge < -0.3 is 19.7 Å². The Hall–Kier alpha value is -0.910. The first-order valence-electron chi connectivity index (χ1n) is 4.87. The molecule has 1 aliphatic carbocycles. The van der Waals surface area contributed by atoms with E-state index in [4.69, 9.17) is 14.6 Å². The fourth-order valence-corrected chi connectivity index (χ4v) is 2.01. The van der Waals surface area contributed by atoms with Crippen molar-refractivity contribution >= 4 is 5.97 Å². The van der Waals surface area contributed by atoms with Crippen LogP contribution in [0.4, 0.5) is 0 Å². The van der Waals surface area contributed by atoms with Crippen LogP contribution in [0.2, 0.25) is 0 Å². The highest BCUT2D eigenvalue weighted by Crippen LogP contribution is 2.35. The van der Waals surface area contributed by atoms with Crippen LogP contribution in [0.5, 0.6) is 0 Å². The van der Waals surface area contributed by atoms with Gasteiger partial charge in [0.1, 0.15) is 12.2 Å². The Bertz CT molecular complexity index is 320. The van der Waals surface area contributed by atoms with Crippen LogP contribution in [-0.2, 0) is 14.3 Å². The maximum absolute atomic E-state index is 10.8. The van der Waals surface area contributed by atoms with E-state index in [1.54, 1.807) is 13.8 Å². The Labute approximate surface area is 87.3 Å². The van der Waals surface area contributed by atoms with Gasteiger partial charge in [-0.2, -0.15) is 0 Å². The van der Waals surface area contributed by atoms with E-state index in [1.807, 2.05) is 0 Å². The van der Waals surface area contributed by atoms with Crippen molar-refractivity contribution in [2.24, 2.45) is 0 Å². The quantitative estimate of drug-likeness (QED) is 0.655. The first-order valence-corrected chi connectivity index (χ1v) is 4.87. The molecule has 1 fully saturated rings. The first kappa shape index (κ1) is 10.6. The molecule has 0 saturated carbocycles. The van der Waals surface area contributed by atoms with Gasteiger partial charge in [-0.05, 0) is 19.9 Å². The number of ether oxygens (including phenoxy) is 2. The van der Waals surface area contributed by atoms with Gasteiger partial charge >= 0.3 is 5.97 Å². The van der Waals surface area contributed by atoms with E-state index in [0.29, 0.717) is 0 Å². The van der Waals surface area contributed by atoms with E-state index in [1.165, 1.54) is 6.08 Å². The number of fused-ring (bicyclic) bond motifs is 1. The monoisotopic (exact) mass is 214 g/mol. The zero-order chi connectivity index (χ0) is 11.2. The molecule has 5 heteroatoms. The van der Waals surface area contributed by atoms with E-state index >= 15 is 0 Å². The normalized spacial score (nSPS) is 38.3. The second kappa shape index (κ2) is 3.30. The standard InChI is InChI=1S/C10H14O5/c1-10(2)14-7-4-5(9(12)13)3-6(11)8(7)15-10/h4,6-8,11H,3H2,1-2H3,(H,12,13)/t6-,7-,8-/m0/s1. The number of carboxylic acid groups (broad SMARTS) is 1. The Morgan fingerprint density at radius 1 is 1.53 bits per heavy atom. The number of hydrogen-bond donors (Lipinski definition) is 2. The molecule has 3 atom stereocenters. The van der Waals surface area contributed by atoms with Crippen molar-refractivity contribution < 1.29 is 24.5 Å². The van der Waals surface area contributed by atoms with Crippen molar-refractivity contribution in [2.45, 2.75) is 44.4 Å². The fraction of sp³-hybridized carbons (Fsp3) is 0.700. The van der Waals surface area contributed by atoms with Gasteiger partial charge in [-0.1, -0.05) is 0 Å². The molecule has 84 valence electrons. The van der Waals surface area contributed by atoms with Gasteiger partial charge in [0.15, 0.2) is 5.79 Å². The zero-order valence-electron chi connectivity index (χ0n) is 8.64. The summed E-state index contributed by atoms with van der Waals surface area (Å²) in [4.78, 5) is 10.8. The largest absolute Gasteiger partial charge is 0.478 e. The van der Waals surface area contributed by atoms with Crippen LogP contribution >= 0.6 is 0 Å². The second-order valence-electron chi connectivity index (χ2n) is 4.33. The Kier molecular flexibility index (Phi) is 2.33. The topological polar surface area (TPSA) is 76.0 Å². The molecule has 0 aromatic carbocycles. The lowest BCUT2D eigenvalue weighted by molar-refractivity contribution is -0.152. The van der Waals surface area contributed by atoms with Crippen molar-refractivity contribution in [3.8, 4) is 0 Å². The minimum atomic E-state index is -1.01. The van der Waals surface area contributed by atoms with E-state index in [-0.39, 0.29) is 12.0 Å². The summed E-state index contributed by atoms with van der Waals surface area (Å²) in [5.74, 6) is -1.78. The Morgan fingerprint density at radius 2 is 2.20 bits per heavy atom. The molecule has 0 amide bonds. The number of carboxylic acids is 1. The number of hydrogen-bond acceptors (Lipinski definition) is 4. The zero-order valence-corrected chi connectivity index (χ0v) is 8.64. The van der Waals surface area contributed by atoms with Crippen LogP contribution in [0, 0.1) is 0 Å². The van der Waals surface area contributed by atoms with Crippen molar-refractivity contribution in [3.63, 3.8) is 0 Å². The third kappa shape index (κ3) is 1.90. The van der Waals surface area contributed by atoms with Crippen molar-refractivity contribution in [1.82, 2.24) is 0 Å². The smallest absolute Gasteiger partial charge is 0.331 e. The van der Waals surface area contributed by atoms with Crippen molar-refractivity contribution in [2.75, 3.05) is 0 Å². The maximum atomic E-state index is 10.8. The molecule has 0 radical (unpaired) electrons. The highest BCUT2D eigenvalue weighted by Gasteiger charge is 2.46. The van der Waals surface area contributed by atoms with Gasteiger partial charge in [-0.15, -0.1) is 0 Å². The van der Waals surface area contributed by atoms with E-state index in [2.05, 4.69) is 0 Å². The van der Waals surface area contributed by atoms with Crippen molar-refractivity contribution in [3.05, 3.63) is 11.6 Å². The van der Waals surface area contributed by atoms with E-state index in [0.717, 1.165) is 0 Å². The minimum absolute atomic E-state index is 0.107. The van der Waals surface area contributed by atoms with Crippen LogP contribution in [0.25, 0.3) is 0 Å². The summed E-state index contributed by atoms with van der Waals surface area (Å²) in [5.41, 5.74) is 0.185. The molecular weight excluding hydrogens is 200 g/mol. The molecule has 0 unspecified atom stereocenters. The molecule has 0 spiro atoms. The summed E-state index contributed by atoms with van der Waals surface area (Å²) in [7, 11) is 0. The van der Waals surface area contributed by atoms with Crippen molar-refractivity contribution in [1.29, 1.82) is 0 Å². The molecule has 2 aliphatic rings. The second-order valence-corrected chi connectivity index (χ2v) is 4.33. The average Bonchev–Trinajstić information content (AvgIpc) is 2.39. The van der Waals surface area contributed by atoms with Gasteiger partial charge in [-0.25, -0.2) is 4.79 Å². The van der Waals surface area contributed by atoms with Gasteiger partial charge in [0.2, 0.25) is 0 Å². The number of aliphatic carboxylic acids is 1. The molecule has 1 aliphatic heterocycles. The lowest BCUT2D eigenvalue weighted by atomic mass is 9.92. The fourth-order valence-electron chi connectivity index (χ4n) is 2.01. The van der Waals surface area contributed by atoms with Gasteiger partial charge in [-0.3, -0.25) is 0 Å². The van der Waals surface area contributed by atoms with Gasteiger partial charge in [0, 0.05) is 12.0 Å². The molecule has 0 aromatic rings. The number of rotatable bonds is 1. The highest BCUT2D eigenvalue weighted by atomic mass is 16.8. The summed E-state index contributed by atoms with van der Waals surface area (Å²) in [6, 6.07) is 0. The van der Waals surface area contributed by atoms with Crippen LogP contribution in [0.15, 0.2) is 11.6 Å². The third-order valence-corrected chi connectivity index (χ3v) is 2.61. The van der Waals surface area contributed by atoms with Crippen LogP contribution in [0.3, 0.4) is 0 Å². The summed E-state index contributed by atoms with van der Waals surface area (Å²) in [6.45, 7) is 3.48.